The molecule has 0 saturated heterocycles. The summed E-state index contributed by atoms with van der Waals surface area (Å²) in [5.74, 6) is -0.891. The van der Waals surface area contributed by atoms with Gasteiger partial charge in [0.25, 0.3) is 0 Å². The molecule has 1 heterocycles. The molecule has 0 aliphatic rings. The van der Waals surface area contributed by atoms with Crippen LogP contribution in [0.4, 0.5) is 4.39 Å². The van der Waals surface area contributed by atoms with Crippen molar-refractivity contribution < 1.29 is 14.7 Å². The summed E-state index contributed by atoms with van der Waals surface area (Å²) < 4.78 is 16.0. The van der Waals surface area contributed by atoms with Crippen LogP contribution in [0, 0.1) is 5.82 Å². The van der Waals surface area contributed by atoms with Crippen LogP contribution >= 0.6 is 11.6 Å². The summed E-state index contributed by atoms with van der Waals surface area (Å²) in [6, 6.07) is 13.7. The normalized spacial score (nSPS) is 12.8. The third-order valence-corrected chi connectivity index (χ3v) is 4.81. The van der Waals surface area contributed by atoms with Crippen molar-refractivity contribution in [3.05, 3.63) is 98.7 Å². The van der Waals surface area contributed by atoms with Crippen LogP contribution in [0.3, 0.4) is 0 Å². The molecule has 1 unspecified atom stereocenters. The van der Waals surface area contributed by atoms with E-state index in [9.17, 15) is 19.5 Å². The smallest absolute Gasteiger partial charge is 0.250 e. The van der Waals surface area contributed by atoms with Crippen LogP contribution in [-0.4, -0.2) is 20.6 Å². The second-order valence-electron chi connectivity index (χ2n) is 6.43. The summed E-state index contributed by atoms with van der Waals surface area (Å²) in [6.07, 6.45) is 1.72. The molecule has 0 fully saturated rings. The van der Waals surface area contributed by atoms with Crippen molar-refractivity contribution >= 4 is 17.3 Å². The number of aromatic hydroxyl groups is 1. The molecule has 0 saturated carbocycles. The average molecular weight is 401 g/mol. The van der Waals surface area contributed by atoms with Gasteiger partial charge in [0, 0.05) is 42.2 Å². The van der Waals surface area contributed by atoms with Gasteiger partial charge in [-0.2, -0.15) is 0 Å². The summed E-state index contributed by atoms with van der Waals surface area (Å²) in [4.78, 5) is 11.6. The first kappa shape index (κ1) is 19.6. The van der Waals surface area contributed by atoms with Gasteiger partial charge in [-0.1, -0.05) is 35.0 Å². The SMILES string of the molecule is Cn1cc(C(CC(c2ccc(O)cc2)c2ccc(Cl)cc2F)=NO)ccc1=O. The predicted molar refractivity (Wildman–Crippen MR) is 106 cm³/mol. The lowest BCUT2D eigenvalue weighted by atomic mass is 9.85. The highest BCUT2D eigenvalue weighted by atomic mass is 35.5. The van der Waals surface area contributed by atoms with Crippen molar-refractivity contribution in [2.75, 3.05) is 0 Å². The number of hydrogen-bond acceptors (Lipinski definition) is 4. The second-order valence-corrected chi connectivity index (χ2v) is 6.86. The van der Waals surface area contributed by atoms with E-state index in [4.69, 9.17) is 11.6 Å². The second kappa shape index (κ2) is 8.27. The van der Waals surface area contributed by atoms with Gasteiger partial charge >= 0.3 is 0 Å². The standard InChI is InChI=1S/C21H18ClFN2O3/c1-25-12-14(4-9-21(25)27)20(24-28)11-18(13-2-6-16(26)7-3-13)17-8-5-15(22)10-19(17)23/h2-10,12,18,26,28H,11H2,1H3. The number of rotatable bonds is 5. The van der Waals surface area contributed by atoms with Gasteiger partial charge in [-0.15, -0.1) is 0 Å². The lowest BCUT2D eigenvalue weighted by Crippen LogP contribution is -2.18. The minimum absolute atomic E-state index is 0.0909. The Kier molecular flexibility index (Phi) is 5.80. The van der Waals surface area contributed by atoms with Crippen molar-refractivity contribution in [1.29, 1.82) is 0 Å². The molecule has 0 aliphatic carbocycles. The maximum atomic E-state index is 14.7. The number of aryl methyl sites for hydroxylation is 1. The highest BCUT2D eigenvalue weighted by Crippen LogP contribution is 2.33. The molecule has 2 N–H and O–H groups in total. The number of nitrogens with zero attached hydrogens (tertiary/aromatic N) is 2. The maximum Gasteiger partial charge on any atom is 0.250 e. The topological polar surface area (TPSA) is 74.8 Å². The van der Waals surface area contributed by atoms with Crippen LogP contribution in [0.1, 0.15) is 29.0 Å². The monoisotopic (exact) mass is 400 g/mol. The van der Waals surface area contributed by atoms with E-state index < -0.39 is 11.7 Å². The first-order chi connectivity index (χ1) is 13.4. The van der Waals surface area contributed by atoms with Gasteiger partial charge in [0.05, 0.1) is 5.71 Å². The van der Waals surface area contributed by atoms with E-state index in [0.29, 0.717) is 16.8 Å². The Labute approximate surface area is 166 Å². The summed E-state index contributed by atoms with van der Waals surface area (Å²) in [6.45, 7) is 0. The van der Waals surface area contributed by atoms with Gasteiger partial charge in [-0.05, 0) is 41.5 Å². The van der Waals surface area contributed by atoms with Crippen molar-refractivity contribution in [1.82, 2.24) is 4.57 Å². The molecule has 7 heteroatoms. The Balaban J connectivity index is 2.06. The number of benzene rings is 2. The molecule has 144 valence electrons. The van der Waals surface area contributed by atoms with Crippen LogP contribution in [0.2, 0.25) is 5.02 Å². The number of oxime groups is 1. The van der Waals surface area contributed by atoms with Gasteiger partial charge in [0.2, 0.25) is 5.56 Å². The van der Waals surface area contributed by atoms with Crippen molar-refractivity contribution in [2.45, 2.75) is 12.3 Å². The highest BCUT2D eigenvalue weighted by molar-refractivity contribution is 6.30. The molecule has 0 amide bonds. The van der Waals surface area contributed by atoms with Crippen LogP contribution in [0.5, 0.6) is 5.75 Å². The Morgan fingerprint density at radius 1 is 1.18 bits per heavy atom. The fraction of sp³-hybridized carbons (Fsp3) is 0.143. The van der Waals surface area contributed by atoms with Crippen LogP contribution in [-0.2, 0) is 7.05 Å². The minimum Gasteiger partial charge on any atom is -0.508 e. The van der Waals surface area contributed by atoms with Gasteiger partial charge in [0.1, 0.15) is 11.6 Å². The molecule has 5 nitrogen and oxygen atoms in total. The summed E-state index contributed by atoms with van der Waals surface area (Å²) in [5, 5.41) is 22.8. The largest absolute Gasteiger partial charge is 0.508 e. The molecule has 1 atom stereocenters. The van der Waals surface area contributed by atoms with E-state index in [2.05, 4.69) is 5.16 Å². The number of aromatic nitrogens is 1. The first-order valence-corrected chi connectivity index (χ1v) is 8.88. The van der Waals surface area contributed by atoms with E-state index >= 15 is 0 Å². The summed E-state index contributed by atoms with van der Waals surface area (Å²) in [5.41, 5.74) is 1.75. The fourth-order valence-electron chi connectivity index (χ4n) is 3.07. The Bertz CT molecular complexity index is 1080. The molecule has 2 aromatic carbocycles. The molecule has 3 rings (SSSR count). The molecule has 1 aromatic heterocycles. The number of halogens is 2. The van der Waals surface area contributed by atoms with Crippen LogP contribution < -0.4 is 5.56 Å². The zero-order valence-corrected chi connectivity index (χ0v) is 15.8. The minimum atomic E-state index is -0.499. The lowest BCUT2D eigenvalue weighted by molar-refractivity contribution is 0.317. The van der Waals surface area contributed by atoms with E-state index in [1.165, 1.54) is 28.8 Å². The van der Waals surface area contributed by atoms with Gasteiger partial charge in [-0.25, -0.2) is 4.39 Å². The van der Waals surface area contributed by atoms with Gasteiger partial charge in [0.15, 0.2) is 0 Å². The quantitative estimate of drug-likeness (QED) is 0.381. The van der Waals surface area contributed by atoms with E-state index in [0.717, 1.165) is 5.56 Å². The molecule has 0 spiro atoms. The lowest BCUT2D eigenvalue weighted by Gasteiger charge is -2.20. The van der Waals surface area contributed by atoms with E-state index in [1.807, 2.05) is 0 Å². The zero-order valence-electron chi connectivity index (χ0n) is 15.0. The Hall–Kier alpha value is -3.12. The maximum absolute atomic E-state index is 14.7. The highest BCUT2D eigenvalue weighted by Gasteiger charge is 2.22. The van der Waals surface area contributed by atoms with Gasteiger partial charge in [-0.3, -0.25) is 4.79 Å². The summed E-state index contributed by atoms with van der Waals surface area (Å²) in [7, 11) is 1.59. The number of hydrogen-bond donors (Lipinski definition) is 2. The molecule has 3 aromatic rings. The molecular weight excluding hydrogens is 383 g/mol. The molecular formula is C21H18ClFN2O3. The molecule has 28 heavy (non-hydrogen) atoms. The van der Waals surface area contributed by atoms with Crippen molar-refractivity contribution in [3.63, 3.8) is 0 Å². The van der Waals surface area contributed by atoms with E-state index in [-0.39, 0.29) is 22.8 Å². The number of phenolic OH excluding ortho intramolecular Hbond substituents is 1. The van der Waals surface area contributed by atoms with Crippen LogP contribution in [0.25, 0.3) is 0 Å². The Morgan fingerprint density at radius 3 is 2.50 bits per heavy atom. The summed E-state index contributed by atoms with van der Waals surface area (Å²) >= 11 is 5.88. The Morgan fingerprint density at radius 2 is 1.89 bits per heavy atom. The zero-order chi connectivity index (χ0) is 20.3. The number of pyridine rings is 1. The third kappa shape index (κ3) is 4.23. The number of phenols is 1. The molecule has 0 aliphatic heterocycles. The first-order valence-electron chi connectivity index (χ1n) is 8.51. The van der Waals surface area contributed by atoms with Crippen molar-refractivity contribution in [2.24, 2.45) is 12.2 Å². The molecule has 0 bridgehead atoms. The third-order valence-electron chi connectivity index (χ3n) is 4.57. The predicted octanol–water partition coefficient (Wildman–Crippen LogP) is 4.28. The fourth-order valence-corrected chi connectivity index (χ4v) is 3.23. The van der Waals surface area contributed by atoms with Crippen LogP contribution in [0.15, 0.2) is 70.7 Å². The van der Waals surface area contributed by atoms with Gasteiger partial charge < -0.3 is 14.9 Å². The molecule has 0 radical (unpaired) electrons. The van der Waals surface area contributed by atoms with E-state index in [1.54, 1.807) is 43.6 Å². The average Bonchev–Trinajstić information content (AvgIpc) is 2.67. The van der Waals surface area contributed by atoms with Crippen molar-refractivity contribution in [3.8, 4) is 5.75 Å².